The molecule has 0 unspecified atom stereocenters. The zero-order valence-corrected chi connectivity index (χ0v) is 18.5. The molecule has 2 atom stereocenters. The van der Waals surface area contributed by atoms with E-state index in [2.05, 4.69) is 5.32 Å². The van der Waals surface area contributed by atoms with E-state index < -0.39 is 29.8 Å². The smallest absolute Gasteiger partial charge is 0.312 e. The van der Waals surface area contributed by atoms with E-state index in [0.29, 0.717) is 28.4 Å². The maximum Gasteiger partial charge on any atom is 0.312 e. The monoisotopic (exact) mass is 455 g/mol. The highest BCUT2D eigenvalue weighted by atomic mass is 16.5. The van der Waals surface area contributed by atoms with Crippen LogP contribution in [0.1, 0.15) is 23.7 Å². The number of carbonyl (C=O) groups is 4. The maximum atomic E-state index is 12.6. The number of rotatable bonds is 8. The molecule has 3 rings (SSSR count). The Bertz CT molecular complexity index is 1070. The first-order valence-corrected chi connectivity index (χ1v) is 10.2. The van der Waals surface area contributed by atoms with Crippen molar-refractivity contribution in [2.45, 2.75) is 19.4 Å². The summed E-state index contributed by atoms with van der Waals surface area (Å²) in [6, 6.07) is 11.0. The standard InChI is InChI=1S/C23H25N3O7/c1-13(22(29)25-16-6-4-14(5-7-16)21(24)28)33-23(30)15-10-20(27)26(12-15)18-9-8-17(31-2)11-19(18)32-3/h4-9,11,13,15H,10,12H2,1-3H3,(H2,24,28)(H,25,29)/t13-,15+/m1/s1. The first-order chi connectivity index (χ1) is 15.7. The number of nitrogens with zero attached hydrogens (tertiary/aromatic N) is 1. The Kier molecular flexibility index (Phi) is 7.17. The summed E-state index contributed by atoms with van der Waals surface area (Å²) >= 11 is 0. The molecule has 0 spiro atoms. The fourth-order valence-electron chi connectivity index (χ4n) is 3.39. The van der Waals surface area contributed by atoms with Crippen molar-refractivity contribution in [2.24, 2.45) is 11.7 Å². The molecule has 0 radical (unpaired) electrons. The molecular weight excluding hydrogens is 430 g/mol. The largest absolute Gasteiger partial charge is 0.497 e. The van der Waals surface area contributed by atoms with Gasteiger partial charge in [0, 0.05) is 30.3 Å². The lowest BCUT2D eigenvalue weighted by Gasteiger charge is -2.20. The van der Waals surface area contributed by atoms with Gasteiger partial charge in [-0.1, -0.05) is 0 Å². The van der Waals surface area contributed by atoms with Crippen LogP contribution in [0.3, 0.4) is 0 Å². The summed E-state index contributed by atoms with van der Waals surface area (Å²) in [6.45, 7) is 1.54. The molecule has 0 aromatic heterocycles. The van der Waals surface area contributed by atoms with Gasteiger partial charge in [0.1, 0.15) is 11.5 Å². The third-order valence-electron chi connectivity index (χ3n) is 5.24. The number of anilines is 2. The van der Waals surface area contributed by atoms with Gasteiger partial charge in [0.05, 0.1) is 25.8 Å². The second kappa shape index (κ2) is 10.0. The Balaban J connectivity index is 1.60. The number of hydrogen-bond acceptors (Lipinski definition) is 7. The number of hydrogen-bond donors (Lipinski definition) is 2. The summed E-state index contributed by atoms with van der Waals surface area (Å²) < 4.78 is 15.8. The fraction of sp³-hybridized carbons (Fsp3) is 0.304. The molecule has 10 nitrogen and oxygen atoms in total. The van der Waals surface area contributed by atoms with Crippen molar-refractivity contribution in [1.29, 1.82) is 0 Å². The molecule has 0 saturated carbocycles. The van der Waals surface area contributed by atoms with Gasteiger partial charge >= 0.3 is 5.97 Å². The van der Waals surface area contributed by atoms with Crippen LogP contribution < -0.4 is 25.4 Å². The van der Waals surface area contributed by atoms with E-state index in [-0.39, 0.29) is 18.9 Å². The van der Waals surface area contributed by atoms with Crippen LogP contribution in [-0.2, 0) is 19.1 Å². The number of ether oxygens (including phenoxy) is 3. The van der Waals surface area contributed by atoms with Gasteiger partial charge in [-0.3, -0.25) is 19.2 Å². The van der Waals surface area contributed by atoms with Gasteiger partial charge in [0.15, 0.2) is 6.10 Å². The maximum absolute atomic E-state index is 12.6. The lowest BCUT2D eigenvalue weighted by atomic mass is 10.1. The zero-order chi connectivity index (χ0) is 24.1. The molecule has 1 aliphatic rings. The lowest BCUT2D eigenvalue weighted by Crippen LogP contribution is -2.33. The minimum absolute atomic E-state index is 0.0447. The number of primary amides is 1. The van der Waals surface area contributed by atoms with Crippen molar-refractivity contribution >= 4 is 35.1 Å². The van der Waals surface area contributed by atoms with E-state index in [9.17, 15) is 19.2 Å². The van der Waals surface area contributed by atoms with Crippen molar-refractivity contribution < 1.29 is 33.4 Å². The van der Waals surface area contributed by atoms with Crippen LogP contribution in [0, 0.1) is 5.92 Å². The van der Waals surface area contributed by atoms with Crippen molar-refractivity contribution in [3.63, 3.8) is 0 Å². The van der Waals surface area contributed by atoms with Crippen molar-refractivity contribution in [1.82, 2.24) is 0 Å². The molecule has 33 heavy (non-hydrogen) atoms. The lowest BCUT2D eigenvalue weighted by molar-refractivity contribution is -0.157. The second-order valence-electron chi connectivity index (χ2n) is 7.45. The van der Waals surface area contributed by atoms with Crippen molar-refractivity contribution in [3.05, 3.63) is 48.0 Å². The molecule has 10 heteroatoms. The van der Waals surface area contributed by atoms with E-state index >= 15 is 0 Å². The number of methoxy groups -OCH3 is 2. The predicted octanol–water partition coefficient (Wildman–Crippen LogP) is 1.73. The number of nitrogens with two attached hydrogens (primary N) is 1. The highest BCUT2D eigenvalue weighted by molar-refractivity contribution is 6.01. The van der Waals surface area contributed by atoms with Crippen molar-refractivity contribution in [2.75, 3.05) is 31.0 Å². The van der Waals surface area contributed by atoms with Crippen LogP contribution in [0.2, 0.25) is 0 Å². The highest BCUT2D eigenvalue weighted by Gasteiger charge is 2.38. The summed E-state index contributed by atoms with van der Waals surface area (Å²) in [5.41, 5.74) is 6.43. The topological polar surface area (TPSA) is 137 Å². The predicted molar refractivity (Wildman–Crippen MR) is 119 cm³/mol. The van der Waals surface area contributed by atoms with Gasteiger partial charge < -0.3 is 30.2 Å². The highest BCUT2D eigenvalue weighted by Crippen LogP contribution is 2.36. The molecular formula is C23H25N3O7. The molecule has 2 aromatic carbocycles. The third-order valence-corrected chi connectivity index (χ3v) is 5.24. The molecule has 1 saturated heterocycles. The Morgan fingerprint density at radius 2 is 1.79 bits per heavy atom. The molecule has 0 aliphatic carbocycles. The number of carbonyl (C=O) groups excluding carboxylic acids is 4. The summed E-state index contributed by atoms with van der Waals surface area (Å²) in [6.07, 6.45) is -1.13. The third kappa shape index (κ3) is 5.40. The normalized spacial score (nSPS) is 16.2. The summed E-state index contributed by atoms with van der Waals surface area (Å²) in [7, 11) is 3.00. The van der Waals surface area contributed by atoms with Crippen LogP contribution >= 0.6 is 0 Å². The van der Waals surface area contributed by atoms with Crippen molar-refractivity contribution in [3.8, 4) is 11.5 Å². The van der Waals surface area contributed by atoms with Gasteiger partial charge in [0.25, 0.3) is 5.91 Å². The molecule has 1 aliphatic heterocycles. The van der Waals surface area contributed by atoms with Gasteiger partial charge in [0.2, 0.25) is 11.8 Å². The number of amides is 3. The Morgan fingerprint density at radius 1 is 1.09 bits per heavy atom. The van der Waals surface area contributed by atoms with Crippen LogP contribution in [0.15, 0.2) is 42.5 Å². The quantitative estimate of drug-likeness (QED) is 0.578. The van der Waals surface area contributed by atoms with Gasteiger partial charge in [-0.2, -0.15) is 0 Å². The van der Waals surface area contributed by atoms with Gasteiger partial charge in [-0.25, -0.2) is 0 Å². The average Bonchev–Trinajstić information content (AvgIpc) is 3.20. The van der Waals surface area contributed by atoms with Crippen LogP contribution in [0.5, 0.6) is 11.5 Å². The fourth-order valence-corrected chi connectivity index (χ4v) is 3.39. The Morgan fingerprint density at radius 3 is 2.39 bits per heavy atom. The number of esters is 1. The molecule has 1 fully saturated rings. The molecule has 1 heterocycles. The summed E-state index contributed by atoms with van der Waals surface area (Å²) in [4.78, 5) is 50.2. The van der Waals surface area contributed by atoms with Crippen LogP contribution in [0.4, 0.5) is 11.4 Å². The van der Waals surface area contributed by atoms with E-state index in [0.717, 1.165) is 0 Å². The first-order valence-electron chi connectivity index (χ1n) is 10.2. The summed E-state index contributed by atoms with van der Waals surface area (Å²) in [5, 5.41) is 2.60. The Labute approximate surface area is 190 Å². The van der Waals surface area contributed by atoms with E-state index in [4.69, 9.17) is 19.9 Å². The van der Waals surface area contributed by atoms with Crippen LogP contribution in [-0.4, -0.2) is 50.6 Å². The number of benzene rings is 2. The summed E-state index contributed by atoms with van der Waals surface area (Å²) in [5.74, 6) is -1.75. The van der Waals surface area contributed by atoms with E-state index in [1.54, 1.807) is 18.2 Å². The minimum atomic E-state index is -1.09. The zero-order valence-electron chi connectivity index (χ0n) is 18.5. The molecule has 174 valence electrons. The SMILES string of the molecule is COc1ccc(N2C[C@@H](C(=O)O[C@H](C)C(=O)Nc3ccc(C(N)=O)cc3)CC2=O)c(OC)c1. The van der Waals surface area contributed by atoms with E-state index in [1.165, 1.54) is 50.3 Å². The number of nitrogens with one attached hydrogen (secondary N) is 1. The molecule has 0 bridgehead atoms. The van der Waals surface area contributed by atoms with E-state index in [1.807, 2.05) is 0 Å². The molecule has 2 aromatic rings. The van der Waals surface area contributed by atoms with Crippen LogP contribution in [0.25, 0.3) is 0 Å². The molecule has 3 N–H and O–H groups in total. The van der Waals surface area contributed by atoms with Gasteiger partial charge in [-0.15, -0.1) is 0 Å². The first kappa shape index (κ1) is 23.6. The second-order valence-corrected chi connectivity index (χ2v) is 7.45. The minimum Gasteiger partial charge on any atom is -0.497 e. The molecule has 3 amide bonds. The Hall–Kier alpha value is -4.08. The average molecular weight is 455 g/mol. The van der Waals surface area contributed by atoms with Gasteiger partial charge in [-0.05, 0) is 43.3 Å².